The molecule has 0 unspecified atom stereocenters. The molecule has 0 aliphatic rings. The summed E-state index contributed by atoms with van der Waals surface area (Å²) in [6, 6.07) is 0. The molecular weight excluding hydrogens is 192 g/mol. The van der Waals surface area contributed by atoms with Crippen molar-refractivity contribution in [1.29, 1.82) is 0 Å². The van der Waals surface area contributed by atoms with Crippen molar-refractivity contribution in [2.45, 2.75) is 13.3 Å². The first kappa shape index (κ1) is 10.6. The van der Waals surface area contributed by atoms with Crippen LogP contribution >= 0.6 is 0 Å². The predicted octanol–water partition coefficient (Wildman–Crippen LogP) is 2.15. The van der Waals surface area contributed by atoms with E-state index in [-0.39, 0.29) is 17.0 Å². The zero-order valence-corrected chi connectivity index (χ0v) is 7.75. The van der Waals surface area contributed by atoms with E-state index in [0.717, 1.165) is 0 Å². The van der Waals surface area contributed by atoms with Crippen LogP contribution in [0.1, 0.15) is 28.0 Å². The van der Waals surface area contributed by atoms with Crippen molar-refractivity contribution >= 4 is 6.29 Å². The van der Waals surface area contributed by atoms with E-state index in [2.05, 4.69) is 4.98 Å². The lowest BCUT2D eigenvalue weighted by Gasteiger charge is -2.11. The molecule has 0 N–H and O–H groups in total. The van der Waals surface area contributed by atoms with Crippen molar-refractivity contribution in [2.75, 3.05) is 7.11 Å². The van der Waals surface area contributed by atoms with Crippen molar-refractivity contribution in [2.24, 2.45) is 0 Å². The smallest absolute Gasteiger partial charge is 0.267 e. The first-order valence-electron chi connectivity index (χ1n) is 3.88. The highest BCUT2D eigenvalue weighted by atomic mass is 19.3. The van der Waals surface area contributed by atoms with Crippen LogP contribution in [0.15, 0.2) is 6.20 Å². The summed E-state index contributed by atoms with van der Waals surface area (Å²) in [5.41, 5.74) is -0.0690. The summed E-state index contributed by atoms with van der Waals surface area (Å²) < 4.78 is 29.9. The number of hydrogen-bond donors (Lipinski definition) is 0. The molecule has 0 saturated heterocycles. The van der Waals surface area contributed by atoms with Crippen LogP contribution in [0.2, 0.25) is 0 Å². The van der Waals surface area contributed by atoms with Crippen LogP contribution in [-0.4, -0.2) is 18.4 Å². The van der Waals surface area contributed by atoms with E-state index in [1.54, 1.807) is 0 Å². The standard InChI is InChI=1S/C9H9F2NO2/c1-5-3-12-6(4-13)8(14-2)7(5)9(10)11/h3-4,9H,1-2H3. The number of hydrogen-bond acceptors (Lipinski definition) is 3. The van der Waals surface area contributed by atoms with Gasteiger partial charge in [-0.2, -0.15) is 0 Å². The third-order valence-corrected chi connectivity index (χ3v) is 1.83. The minimum atomic E-state index is -2.67. The van der Waals surface area contributed by atoms with Gasteiger partial charge < -0.3 is 4.74 Å². The first-order valence-corrected chi connectivity index (χ1v) is 3.88. The molecule has 0 amide bonds. The molecule has 0 saturated carbocycles. The van der Waals surface area contributed by atoms with Crippen molar-refractivity contribution in [3.8, 4) is 5.75 Å². The number of rotatable bonds is 3. The lowest BCUT2D eigenvalue weighted by atomic mass is 10.1. The number of alkyl halides is 2. The molecule has 1 aromatic heterocycles. The molecule has 1 rings (SSSR count). The Bertz CT molecular complexity index is 353. The summed E-state index contributed by atoms with van der Waals surface area (Å²) in [5, 5.41) is 0. The molecule has 14 heavy (non-hydrogen) atoms. The fourth-order valence-corrected chi connectivity index (χ4v) is 1.18. The van der Waals surface area contributed by atoms with Gasteiger partial charge >= 0.3 is 0 Å². The maximum absolute atomic E-state index is 12.6. The largest absolute Gasteiger partial charge is 0.494 e. The highest BCUT2D eigenvalue weighted by Crippen LogP contribution is 2.32. The Morgan fingerprint density at radius 2 is 2.21 bits per heavy atom. The quantitative estimate of drug-likeness (QED) is 0.703. The number of aldehydes is 1. The molecule has 3 nitrogen and oxygen atoms in total. The Labute approximate surface area is 79.7 Å². The lowest BCUT2D eigenvalue weighted by Crippen LogP contribution is -2.02. The number of aromatic nitrogens is 1. The van der Waals surface area contributed by atoms with Crippen LogP contribution in [0.25, 0.3) is 0 Å². The number of ether oxygens (including phenoxy) is 1. The van der Waals surface area contributed by atoms with Gasteiger partial charge in [-0.3, -0.25) is 4.79 Å². The van der Waals surface area contributed by atoms with Gasteiger partial charge in [-0.05, 0) is 12.5 Å². The molecule has 0 aliphatic heterocycles. The van der Waals surface area contributed by atoms with Crippen LogP contribution in [-0.2, 0) is 0 Å². The minimum Gasteiger partial charge on any atom is -0.494 e. The van der Waals surface area contributed by atoms with E-state index >= 15 is 0 Å². The van der Waals surface area contributed by atoms with E-state index in [9.17, 15) is 13.6 Å². The monoisotopic (exact) mass is 201 g/mol. The van der Waals surface area contributed by atoms with E-state index in [1.165, 1.54) is 20.2 Å². The van der Waals surface area contributed by atoms with Crippen molar-refractivity contribution in [1.82, 2.24) is 4.98 Å². The summed E-state index contributed by atoms with van der Waals surface area (Å²) in [5.74, 6) is -0.144. The van der Waals surface area contributed by atoms with Crippen LogP contribution in [0.3, 0.4) is 0 Å². The third kappa shape index (κ3) is 1.71. The Kier molecular flexibility index (Phi) is 3.11. The average molecular weight is 201 g/mol. The normalized spacial score (nSPS) is 10.4. The lowest BCUT2D eigenvalue weighted by molar-refractivity contribution is 0.111. The van der Waals surface area contributed by atoms with Gasteiger partial charge in [0.2, 0.25) is 0 Å². The molecule has 0 aromatic carbocycles. The summed E-state index contributed by atoms with van der Waals surface area (Å²) in [7, 11) is 1.23. The minimum absolute atomic E-state index is 0.103. The molecule has 76 valence electrons. The summed E-state index contributed by atoms with van der Waals surface area (Å²) >= 11 is 0. The number of nitrogens with zero attached hydrogens (tertiary/aromatic N) is 1. The number of methoxy groups -OCH3 is 1. The Morgan fingerprint density at radius 1 is 1.57 bits per heavy atom. The van der Waals surface area contributed by atoms with Crippen LogP contribution in [0, 0.1) is 6.92 Å². The summed E-state index contributed by atoms with van der Waals surface area (Å²) in [4.78, 5) is 14.2. The zero-order chi connectivity index (χ0) is 10.7. The van der Waals surface area contributed by atoms with E-state index in [1.807, 2.05) is 0 Å². The van der Waals surface area contributed by atoms with E-state index < -0.39 is 6.43 Å². The van der Waals surface area contributed by atoms with Crippen molar-refractivity contribution in [3.05, 3.63) is 23.0 Å². The second-order valence-electron chi connectivity index (χ2n) is 2.69. The van der Waals surface area contributed by atoms with Crippen LogP contribution in [0.4, 0.5) is 8.78 Å². The molecule has 0 spiro atoms. The number of aryl methyl sites for hydroxylation is 1. The molecule has 0 atom stereocenters. The first-order chi connectivity index (χ1) is 6.61. The molecule has 0 radical (unpaired) electrons. The van der Waals surface area contributed by atoms with Crippen LogP contribution in [0.5, 0.6) is 5.75 Å². The highest BCUT2D eigenvalue weighted by molar-refractivity contribution is 5.77. The van der Waals surface area contributed by atoms with Crippen molar-refractivity contribution in [3.63, 3.8) is 0 Å². The Balaban J connectivity index is 3.42. The maximum atomic E-state index is 12.6. The number of halogens is 2. The number of carbonyl (C=O) groups is 1. The highest BCUT2D eigenvalue weighted by Gasteiger charge is 2.20. The fraction of sp³-hybridized carbons (Fsp3) is 0.333. The van der Waals surface area contributed by atoms with Gasteiger partial charge in [-0.25, -0.2) is 13.8 Å². The van der Waals surface area contributed by atoms with Gasteiger partial charge in [0.25, 0.3) is 6.43 Å². The topological polar surface area (TPSA) is 39.2 Å². The molecule has 5 heteroatoms. The van der Waals surface area contributed by atoms with Gasteiger partial charge in [-0.15, -0.1) is 0 Å². The van der Waals surface area contributed by atoms with Gasteiger partial charge in [-0.1, -0.05) is 0 Å². The second-order valence-corrected chi connectivity index (χ2v) is 2.69. The van der Waals surface area contributed by atoms with Gasteiger partial charge in [0, 0.05) is 6.20 Å². The second kappa shape index (κ2) is 4.13. The van der Waals surface area contributed by atoms with Gasteiger partial charge in [0.1, 0.15) is 5.69 Å². The third-order valence-electron chi connectivity index (χ3n) is 1.83. The molecule has 0 aliphatic carbocycles. The fourth-order valence-electron chi connectivity index (χ4n) is 1.18. The zero-order valence-electron chi connectivity index (χ0n) is 7.75. The Morgan fingerprint density at radius 3 is 2.64 bits per heavy atom. The number of carbonyl (C=O) groups excluding carboxylic acids is 1. The van der Waals surface area contributed by atoms with Gasteiger partial charge in [0.15, 0.2) is 12.0 Å². The molecule has 1 heterocycles. The maximum Gasteiger partial charge on any atom is 0.267 e. The number of pyridine rings is 1. The van der Waals surface area contributed by atoms with E-state index in [4.69, 9.17) is 4.74 Å². The molecular formula is C9H9F2NO2. The summed E-state index contributed by atoms with van der Waals surface area (Å²) in [6.45, 7) is 1.49. The van der Waals surface area contributed by atoms with Gasteiger partial charge in [0.05, 0.1) is 12.7 Å². The molecule has 1 aromatic rings. The average Bonchev–Trinajstić information content (AvgIpc) is 2.16. The Hall–Kier alpha value is -1.52. The SMILES string of the molecule is COc1c(C=O)ncc(C)c1C(F)F. The molecule has 0 fully saturated rings. The van der Waals surface area contributed by atoms with Crippen LogP contribution < -0.4 is 4.74 Å². The molecule has 0 bridgehead atoms. The van der Waals surface area contributed by atoms with E-state index in [0.29, 0.717) is 11.8 Å². The predicted molar refractivity (Wildman–Crippen MR) is 45.9 cm³/mol. The summed E-state index contributed by atoms with van der Waals surface area (Å²) in [6.07, 6.45) is -1.05. The van der Waals surface area contributed by atoms with Crippen molar-refractivity contribution < 1.29 is 18.3 Å².